The van der Waals surface area contributed by atoms with Crippen molar-refractivity contribution in [3.63, 3.8) is 0 Å². The molecule has 0 saturated heterocycles. The highest BCUT2D eigenvalue weighted by atomic mass is 16.6. The Hall–Kier alpha value is -4.14. The van der Waals surface area contributed by atoms with E-state index in [0.717, 1.165) is 29.7 Å². The van der Waals surface area contributed by atoms with E-state index >= 15 is 0 Å². The smallest absolute Gasteiger partial charge is 0.407 e. The van der Waals surface area contributed by atoms with E-state index in [4.69, 9.17) is 19.3 Å². The topological polar surface area (TPSA) is 120 Å². The molecule has 200 valence electrons. The first kappa shape index (κ1) is 26.9. The fourth-order valence-electron chi connectivity index (χ4n) is 4.12. The predicted octanol–water partition coefficient (Wildman–Crippen LogP) is 5.73. The molecular weight excluding hydrogens is 486 g/mol. The third-order valence-corrected chi connectivity index (χ3v) is 6.33. The van der Waals surface area contributed by atoms with Gasteiger partial charge < -0.3 is 24.6 Å². The number of ether oxygens (including phenoxy) is 3. The maximum atomic E-state index is 11.9. The van der Waals surface area contributed by atoms with E-state index in [1.807, 2.05) is 57.2 Å². The van der Waals surface area contributed by atoms with E-state index in [9.17, 15) is 9.59 Å². The zero-order chi connectivity index (χ0) is 27.5. The molecule has 2 N–H and O–H groups in total. The molecule has 1 aliphatic rings. The van der Waals surface area contributed by atoms with Crippen molar-refractivity contribution in [1.29, 1.82) is 0 Å². The standard InChI is InChI=1S/C29H33N3O6/c1-28(2,3)38-27(35)32-20-14-23(15-20)36-21-10-6-18(7-11-21)29(4,5)19-8-12-22(13-9-19)37-24-16-30-25(26(33)34)31-17-24/h6-13,16-17,20,23H,14-15H2,1-5H3,(H,32,35)(H,33,34). The number of aromatic carboxylic acids is 1. The summed E-state index contributed by atoms with van der Waals surface area (Å²) >= 11 is 0. The van der Waals surface area contributed by atoms with Crippen molar-refractivity contribution in [1.82, 2.24) is 15.3 Å². The molecular formula is C29H33N3O6. The Morgan fingerprint density at radius 2 is 1.37 bits per heavy atom. The molecule has 0 bridgehead atoms. The Kier molecular flexibility index (Phi) is 7.57. The van der Waals surface area contributed by atoms with Crippen LogP contribution in [-0.4, -0.2) is 44.9 Å². The number of carbonyl (C=O) groups excluding carboxylic acids is 1. The number of alkyl carbamates (subject to hydrolysis) is 1. The zero-order valence-electron chi connectivity index (χ0n) is 22.2. The number of nitrogens with zero attached hydrogens (tertiary/aromatic N) is 2. The highest BCUT2D eigenvalue weighted by Crippen LogP contribution is 2.35. The molecule has 4 rings (SSSR count). The van der Waals surface area contributed by atoms with Crippen LogP contribution in [0, 0.1) is 0 Å². The minimum Gasteiger partial charge on any atom is -0.490 e. The van der Waals surface area contributed by atoms with Crippen molar-refractivity contribution in [2.24, 2.45) is 0 Å². The van der Waals surface area contributed by atoms with Crippen molar-refractivity contribution < 1.29 is 28.9 Å². The minimum absolute atomic E-state index is 0.0621. The summed E-state index contributed by atoms with van der Waals surface area (Å²) in [6, 6.07) is 15.9. The monoisotopic (exact) mass is 519 g/mol. The van der Waals surface area contributed by atoms with E-state index in [-0.39, 0.29) is 23.4 Å². The lowest BCUT2D eigenvalue weighted by atomic mass is 9.78. The summed E-state index contributed by atoms with van der Waals surface area (Å²) in [4.78, 5) is 30.3. The van der Waals surface area contributed by atoms with Crippen molar-refractivity contribution >= 4 is 12.1 Å². The molecule has 38 heavy (non-hydrogen) atoms. The zero-order valence-corrected chi connectivity index (χ0v) is 22.2. The average Bonchev–Trinajstić information content (AvgIpc) is 2.82. The van der Waals surface area contributed by atoms with Crippen molar-refractivity contribution in [3.8, 4) is 17.2 Å². The summed E-state index contributed by atoms with van der Waals surface area (Å²) in [5.74, 6) is 0.283. The SMILES string of the molecule is CC(C)(C)OC(=O)NC1CC(Oc2ccc(C(C)(C)c3ccc(Oc4cnc(C(=O)O)nc4)cc3)cc2)C1. The Morgan fingerprint density at radius 3 is 1.87 bits per heavy atom. The summed E-state index contributed by atoms with van der Waals surface area (Å²) in [6.45, 7) is 9.83. The molecule has 1 amide bonds. The van der Waals surface area contributed by atoms with Crippen molar-refractivity contribution in [2.45, 2.75) is 70.6 Å². The highest BCUT2D eigenvalue weighted by molar-refractivity contribution is 5.82. The highest BCUT2D eigenvalue weighted by Gasteiger charge is 2.33. The number of hydrogen-bond donors (Lipinski definition) is 2. The first-order chi connectivity index (χ1) is 17.9. The van der Waals surface area contributed by atoms with Gasteiger partial charge in [-0.25, -0.2) is 19.6 Å². The molecule has 1 saturated carbocycles. The van der Waals surface area contributed by atoms with Gasteiger partial charge in [0.1, 0.15) is 23.2 Å². The number of hydrogen-bond acceptors (Lipinski definition) is 7. The molecule has 0 radical (unpaired) electrons. The molecule has 1 fully saturated rings. The summed E-state index contributed by atoms with van der Waals surface area (Å²) in [5.41, 5.74) is 1.46. The number of rotatable bonds is 8. The second kappa shape index (κ2) is 10.7. The molecule has 1 aliphatic carbocycles. The lowest BCUT2D eigenvalue weighted by molar-refractivity contribution is 0.0362. The van der Waals surface area contributed by atoms with Crippen LogP contribution in [-0.2, 0) is 10.2 Å². The largest absolute Gasteiger partial charge is 0.490 e. The second-order valence-corrected chi connectivity index (χ2v) is 10.9. The fraction of sp³-hybridized carbons (Fsp3) is 0.379. The fourth-order valence-corrected chi connectivity index (χ4v) is 4.12. The minimum atomic E-state index is -1.19. The number of carbonyl (C=O) groups is 2. The van der Waals surface area contributed by atoms with Gasteiger partial charge in [-0.3, -0.25) is 0 Å². The first-order valence-electron chi connectivity index (χ1n) is 12.5. The number of carboxylic acids is 1. The van der Waals surface area contributed by atoms with Crippen LogP contribution in [0.25, 0.3) is 0 Å². The number of amides is 1. The molecule has 9 heteroatoms. The number of benzene rings is 2. The molecule has 1 heterocycles. The van der Waals surface area contributed by atoms with Crippen LogP contribution in [0.5, 0.6) is 17.2 Å². The van der Waals surface area contributed by atoms with Gasteiger partial charge in [0.05, 0.1) is 12.4 Å². The van der Waals surface area contributed by atoms with Gasteiger partial charge in [-0.1, -0.05) is 38.1 Å². The van der Waals surface area contributed by atoms with Crippen molar-refractivity contribution in [3.05, 3.63) is 77.9 Å². The lowest BCUT2D eigenvalue weighted by Crippen LogP contribution is -2.50. The Bertz CT molecular complexity index is 1260. The Morgan fingerprint density at radius 1 is 0.842 bits per heavy atom. The van der Waals surface area contributed by atoms with Crippen LogP contribution in [0.4, 0.5) is 4.79 Å². The van der Waals surface area contributed by atoms with Gasteiger partial charge in [-0.2, -0.15) is 0 Å². The van der Waals surface area contributed by atoms with E-state index in [2.05, 4.69) is 41.3 Å². The van der Waals surface area contributed by atoms with Gasteiger partial charge in [-0.15, -0.1) is 0 Å². The number of aromatic nitrogens is 2. The molecule has 2 aromatic carbocycles. The van der Waals surface area contributed by atoms with Crippen LogP contribution in [0.2, 0.25) is 0 Å². The predicted molar refractivity (Wildman–Crippen MR) is 141 cm³/mol. The van der Waals surface area contributed by atoms with E-state index in [1.165, 1.54) is 12.4 Å². The summed E-state index contributed by atoms with van der Waals surface area (Å²) in [5, 5.41) is 11.8. The summed E-state index contributed by atoms with van der Waals surface area (Å²) < 4.78 is 17.1. The quantitative estimate of drug-likeness (QED) is 0.387. The summed E-state index contributed by atoms with van der Waals surface area (Å²) in [7, 11) is 0. The molecule has 3 aromatic rings. The van der Waals surface area contributed by atoms with Crippen LogP contribution in [0.1, 0.15) is 69.2 Å². The maximum Gasteiger partial charge on any atom is 0.407 e. The van der Waals surface area contributed by atoms with E-state index in [0.29, 0.717) is 11.5 Å². The van der Waals surface area contributed by atoms with Gasteiger partial charge in [0.25, 0.3) is 0 Å². The average molecular weight is 520 g/mol. The Balaban J connectivity index is 1.30. The first-order valence-corrected chi connectivity index (χ1v) is 12.5. The number of nitrogens with one attached hydrogen (secondary N) is 1. The maximum absolute atomic E-state index is 11.9. The van der Waals surface area contributed by atoms with E-state index in [1.54, 1.807) is 0 Å². The molecule has 0 unspecified atom stereocenters. The lowest BCUT2D eigenvalue weighted by Gasteiger charge is -2.36. The Labute approximate surface area is 222 Å². The second-order valence-electron chi connectivity index (χ2n) is 10.9. The van der Waals surface area contributed by atoms with Crippen molar-refractivity contribution in [2.75, 3.05) is 0 Å². The van der Waals surface area contributed by atoms with Gasteiger partial charge in [0.15, 0.2) is 5.75 Å². The van der Waals surface area contributed by atoms with Gasteiger partial charge in [0, 0.05) is 24.3 Å². The van der Waals surface area contributed by atoms with Gasteiger partial charge >= 0.3 is 12.1 Å². The van der Waals surface area contributed by atoms with Crippen LogP contribution in [0.3, 0.4) is 0 Å². The van der Waals surface area contributed by atoms with Crippen LogP contribution >= 0.6 is 0 Å². The van der Waals surface area contributed by atoms with Gasteiger partial charge in [0.2, 0.25) is 5.82 Å². The van der Waals surface area contributed by atoms with Gasteiger partial charge in [-0.05, 0) is 56.2 Å². The van der Waals surface area contributed by atoms with Crippen LogP contribution < -0.4 is 14.8 Å². The van der Waals surface area contributed by atoms with E-state index < -0.39 is 17.7 Å². The third-order valence-electron chi connectivity index (χ3n) is 6.33. The molecule has 0 atom stereocenters. The molecule has 9 nitrogen and oxygen atoms in total. The normalized spacial score (nSPS) is 17.2. The summed E-state index contributed by atoms with van der Waals surface area (Å²) in [6.07, 6.45) is 3.83. The third kappa shape index (κ3) is 6.79. The molecule has 0 spiro atoms. The molecule has 0 aliphatic heterocycles. The van der Waals surface area contributed by atoms with Crippen LogP contribution in [0.15, 0.2) is 60.9 Å². The number of carboxylic acid groups (broad SMARTS) is 1. The molecule has 1 aromatic heterocycles.